The second-order valence-corrected chi connectivity index (χ2v) is 10.0. The Balaban J connectivity index is 2.46. The van der Waals surface area contributed by atoms with Crippen molar-refractivity contribution >= 4 is 35.0 Å². The van der Waals surface area contributed by atoms with Gasteiger partial charge < -0.3 is 4.52 Å². The smallest absolute Gasteiger partial charge is 0.287 e. The molecule has 2 nitrogen and oxygen atoms in total. The molecule has 0 spiro atoms. The van der Waals surface area contributed by atoms with Crippen LogP contribution in [0.4, 0.5) is 0 Å². The van der Waals surface area contributed by atoms with E-state index in [0.29, 0.717) is 6.61 Å². The van der Waals surface area contributed by atoms with Crippen molar-refractivity contribution in [3.05, 3.63) is 30.3 Å². The minimum absolute atomic E-state index is 0.491. The summed E-state index contributed by atoms with van der Waals surface area (Å²) in [4.78, 5) is 0. The van der Waals surface area contributed by atoms with Gasteiger partial charge in [-0.2, -0.15) is 11.8 Å². The first-order valence-electron chi connectivity index (χ1n) is 6.75. The Kier molecular flexibility index (Phi) is 8.97. The molecule has 0 fully saturated rings. The molecule has 0 heterocycles. The van der Waals surface area contributed by atoms with E-state index in [1.165, 1.54) is 29.3 Å². The number of benzene rings is 1. The lowest BCUT2D eigenvalue weighted by atomic mass is 10.4. The number of hydrogen-bond acceptors (Lipinski definition) is 4. The van der Waals surface area contributed by atoms with E-state index in [1.807, 2.05) is 49.0 Å². The fourth-order valence-corrected chi connectivity index (χ4v) is 6.58. The van der Waals surface area contributed by atoms with Crippen molar-refractivity contribution in [2.45, 2.75) is 26.7 Å². The monoisotopic (exact) mass is 318 g/mol. The number of unbranched alkanes of at least 4 members (excludes halogenated alkanes) is 1. The highest BCUT2D eigenvalue weighted by Gasteiger charge is 2.25. The maximum absolute atomic E-state index is 12.8. The molecule has 0 aliphatic carbocycles. The topological polar surface area (TPSA) is 26.3 Å². The Hall–Kier alpha value is 0.110. The van der Waals surface area contributed by atoms with Crippen molar-refractivity contribution in [2.75, 3.05) is 23.9 Å². The summed E-state index contributed by atoms with van der Waals surface area (Å²) in [5.74, 6) is 3.27. The third-order valence-electron chi connectivity index (χ3n) is 2.52. The van der Waals surface area contributed by atoms with Crippen molar-refractivity contribution in [2.24, 2.45) is 0 Å². The van der Waals surface area contributed by atoms with Gasteiger partial charge in [0.15, 0.2) is 0 Å². The van der Waals surface area contributed by atoms with Crippen LogP contribution in [0.25, 0.3) is 0 Å². The van der Waals surface area contributed by atoms with E-state index in [0.717, 1.165) is 17.5 Å². The summed E-state index contributed by atoms with van der Waals surface area (Å²) in [7, 11) is 0. The molecule has 0 bridgehead atoms. The van der Waals surface area contributed by atoms with Crippen LogP contribution in [0.5, 0.6) is 0 Å². The zero-order valence-electron chi connectivity index (χ0n) is 11.7. The van der Waals surface area contributed by atoms with E-state index >= 15 is 0 Å². The lowest BCUT2D eigenvalue weighted by Gasteiger charge is -2.17. The van der Waals surface area contributed by atoms with Gasteiger partial charge in [0.05, 0.1) is 6.61 Å². The van der Waals surface area contributed by atoms with Gasteiger partial charge in [0.2, 0.25) is 0 Å². The van der Waals surface area contributed by atoms with Gasteiger partial charge in [0.1, 0.15) is 0 Å². The quantitative estimate of drug-likeness (QED) is 0.457. The molecule has 0 saturated heterocycles. The summed E-state index contributed by atoms with van der Waals surface area (Å²) < 4.78 is 18.4. The van der Waals surface area contributed by atoms with Crippen LogP contribution in [0.15, 0.2) is 30.3 Å². The first-order valence-corrected chi connectivity index (χ1v) is 11.1. The number of rotatable bonds is 10. The van der Waals surface area contributed by atoms with Gasteiger partial charge in [-0.1, -0.05) is 36.5 Å². The lowest BCUT2D eigenvalue weighted by molar-refractivity contribution is 0.353. The van der Waals surface area contributed by atoms with Crippen LogP contribution in [0.3, 0.4) is 0 Å². The highest BCUT2D eigenvalue weighted by molar-refractivity contribution is 8.58. The van der Waals surface area contributed by atoms with Gasteiger partial charge in [0.25, 0.3) is 6.57 Å². The van der Waals surface area contributed by atoms with E-state index < -0.39 is 6.57 Å². The van der Waals surface area contributed by atoms with Crippen LogP contribution >= 0.6 is 29.7 Å². The zero-order chi connectivity index (χ0) is 14.0. The second-order valence-electron chi connectivity index (χ2n) is 3.99. The molecule has 1 aromatic carbocycles. The van der Waals surface area contributed by atoms with Gasteiger partial charge in [-0.25, -0.2) is 0 Å². The van der Waals surface area contributed by atoms with Gasteiger partial charge in [-0.15, -0.1) is 0 Å². The van der Waals surface area contributed by atoms with E-state index in [4.69, 9.17) is 4.52 Å². The van der Waals surface area contributed by atoms with Crippen LogP contribution in [-0.4, -0.2) is 23.9 Å². The van der Waals surface area contributed by atoms with Crippen molar-refractivity contribution in [1.82, 2.24) is 0 Å². The van der Waals surface area contributed by atoms with E-state index in [9.17, 15) is 4.57 Å². The van der Waals surface area contributed by atoms with Gasteiger partial charge in [-0.05, 0) is 43.4 Å². The zero-order valence-corrected chi connectivity index (χ0v) is 14.2. The molecular weight excluding hydrogens is 295 g/mol. The molecule has 19 heavy (non-hydrogen) atoms. The summed E-state index contributed by atoms with van der Waals surface area (Å²) in [6.45, 7) is 1.85. The van der Waals surface area contributed by atoms with Crippen molar-refractivity contribution in [3.8, 4) is 0 Å². The lowest BCUT2D eigenvalue weighted by Crippen LogP contribution is -2.05. The van der Waals surface area contributed by atoms with Crippen molar-refractivity contribution < 1.29 is 9.09 Å². The molecule has 1 aromatic rings. The average molecular weight is 318 g/mol. The average Bonchev–Trinajstić information content (AvgIpc) is 2.44. The predicted molar refractivity (Wildman–Crippen MR) is 90.0 cm³/mol. The van der Waals surface area contributed by atoms with Crippen LogP contribution in [-0.2, 0) is 9.09 Å². The normalized spacial score (nSPS) is 14.2. The van der Waals surface area contributed by atoms with Crippen molar-refractivity contribution in [3.63, 3.8) is 0 Å². The third-order valence-corrected chi connectivity index (χ3v) is 8.36. The standard InChI is InChI=1S/C14H23O2PS2/c1-3-16-17(15,14-10-6-5-7-11-14)19-13-9-8-12-18-4-2/h5-7,10-11H,3-4,8-9,12-13H2,1-2H3. The Morgan fingerprint density at radius 3 is 2.42 bits per heavy atom. The minimum Gasteiger partial charge on any atom is -0.318 e. The third kappa shape index (κ3) is 6.40. The SMILES string of the molecule is CCOP(=O)(SCCCCSCC)c1ccccc1. The first-order chi connectivity index (χ1) is 9.23. The fraction of sp³-hybridized carbons (Fsp3) is 0.571. The maximum Gasteiger partial charge on any atom is 0.287 e. The Bertz CT molecular complexity index is 384. The molecule has 1 atom stereocenters. The number of thioether (sulfide) groups is 1. The molecule has 0 aliphatic rings. The molecule has 0 N–H and O–H groups in total. The number of hydrogen-bond donors (Lipinski definition) is 0. The predicted octanol–water partition coefficient (Wildman–Crippen LogP) is 4.81. The highest BCUT2D eigenvalue weighted by atomic mass is 32.7. The molecule has 108 valence electrons. The maximum atomic E-state index is 12.8. The summed E-state index contributed by atoms with van der Waals surface area (Å²) in [6, 6.07) is 9.57. The molecule has 0 radical (unpaired) electrons. The van der Waals surface area contributed by atoms with Crippen LogP contribution in [0, 0.1) is 0 Å². The summed E-state index contributed by atoms with van der Waals surface area (Å²) in [5.41, 5.74) is 0. The first kappa shape index (κ1) is 17.2. The molecule has 1 rings (SSSR count). The molecule has 0 aromatic heterocycles. The summed E-state index contributed by atoms with van der Waals surface area (Å²) in [6.07, 6.45) is 2.29. The highest BCUT2D eigenvalue weighted by Crippen LogP contribution is 2.58. The fourth-order valence-electron chi connectivity index (χ4n) is 1.60. The van der Waals surface area contributed by atoms with Gasteiger partial charge in [-0.3, -0.25) is 4.57 Å². The van der Waals surface area contributed by atoms with E-state index in [2.05, 4.69) is 6.92 Å². The Labute approximate surface area is 125 Å². The molecule has 0 saturated carbocycles. The minimum atomic E-state index is -2.72. The Morgan fingerprint density at radius 1 is 1.11 bits per heavy atom. The molecule has 5 heteroatoms. The van der Waals surface area contributed by atoms with Crippen LogP contribution in [0.1, 0.15) is 26.7 Å². The van der Waals surface area contributed by atoms with Crippen LogP contribution in [0.2, 0.25) is 0 Å². The largest absolute Gasteiger partial charge is 0.318 e. The molecule has 0 aliphatic heterocycles. The second kappa shape index (κ2) is 9.93. The van der Waals surface area contributed by atoms with Crippen LogP contribution < -0.4 is 5.30 Å². The molecular formula is C14H23O2PS2. The Morgan fingerprint density at radius 2 is 1.79 bits per heavy atom. The van der Waals surface area contributed by atoms with Gasteiger partial charge in [0, 0.05) is 11.1 Å². The van der Waals surface area contributed by atoms with Crippen molar-refractivity contribution in [1.29, 1.82) is 0 Å². The summed E-state index contributed by atoms with van der Waals surface area (Å²) >= 11 is 3.45. The van der Waals surface area contributed by atoms with E-state index in [-0.39, 0.29) is 0 Å². The molecule has 1 unspecified atom stereocenters. The van der Waals surface area contributed by atoms with Gasteiger partial charge >= 0.3 is 0 Å². The summed E-state index contributed by atoms with van der Waals surface area (Å²) in [5, 5.41) is 0.824. The van der Waals surface area contributed by atoms with E-state index in [1.54, 1.807) is 0 Å². The molecule has 0 amide bonds.